The molecule has 0 bridgehead atoms. The maximum absolute atomic E-state index is 10.7. The van der Waals surface area contributed by atoms with Crippen LogP contribution >= 0.6 is 0 Å². The first-order valence-corrected chi connectivity index (χ1v) is 5.58. The zero-order valence-corrected chi connectivity index (χ0v) is 10.2. The molecule has 0 heterocycles. The van der Waals surface area contributed by atoms with E-state index in [2.05, 4.69) is 43.0 Å². The lowest BCUT2D eigenvalue weighted by Gasteiger charge is -2.22. The van der Waals surface area contributed by atoms with Crippen LogP contribution in [0.5, 0.6) is 0 Å². The van der Waals surface area contributed by atoms with Crippen LogP contribution in [-0.4, -0.2) is 25.7 Å². The van der Waals surface area contributed by atoms with E-state index in [1.165, 1.54) is 18.2 Å². The lowest BCUT2D eigenvalue weighted by atomic mass is 10.2. The first kappa shape index (κ1) is 12.6. The number of hydrogen-bond acceptors (Lipinski definition) is 3. The smallest absolute Gasteiger partial charge is 0.302 e. The van der Waals surface area contributed by atoms with Crippen LogP contribution in [-0.2, 0) is 9.53 Å². The monoisotopic (exact) mass is 221 g/mol. The van der Waals surface area contributed by atoms with E-state index in [0.717, 1.165) is 13.1 Å². The van der Waals surface area contributed by atoms with E-state index in [-0.39, 0.29) is 5.97 Å². The number of carbonyl (C=O) groups is 1. The number of ether oxygens (including phenoxy) is 1. The Hall–Kier alpha value is -1.51. The fraction of sp³-hybridized carbons (Fsp3) is 0.462. The summed E-state index contributed by atoms with van der Waals surface area (Å²) >= 11 is 0. The highest BCUT2D eigenvalue weighted by Gasteiger charge is 2.04. The number of benzene rings is 1. The molecule has 0 aliphatic carbocycles. The summed E-state index contributed by atoms with van der Waals surface area (Å²) in [7, 11) is 0. The minimum atomic E-state index is -0.222. The van der Waals surface area contributed by atoms with Gasteiger partial charge in [0.15, 0.2) is 0 Å². The Morgan fingerprint density at radius 2 is 1.94 bits per heavy atom. The van der Waals surface area contributed by atoms with Crippen LogP contribution in [0, 0.1) is 6.92 Å². The van der Waals surface area contributed by atoms with E-state index in [9.17, 15) is 4.79 Å². The Morgan fingerprint density at radius 3 is 2.44 bits per heavy atom. The second-order valence-electron chi connectivity index (χ2n) is 3.76. The number of hydrogen-bond donors (Lipinski definition) is 0. The van der Waals surface area contributed by atoms with Gasteiger partial charge in [0.25, 0.3) is 0 Å². The van der Waals surface area contributed by atoms with Crippen molar-refractivity contribution in [3.8, 4) is 0 Å². The molecular weight excluding hydrogens is 202 g/mol. The maximum atomic E-state index is 10.7. The highest BCUT2D eigenvalue weighted by Crippen LogP contribution is 2.14. The van der Waals surface area contributed by atoms with Gasteiger partial charge < -0.3 is 9.64 Å². The molecule has 0 saturated carbocycles. The number of nitrogens with zero attached hydrogens (tertiary/aromatic N) is 1. The number of carbonyl (C=O) groups excluding carboxylic acids is 1. The maximum Gasteiger partial charge on any atom is 0.302 e. The molecule has 88 valence electrons. The average molecular weight is 221 g/mol. The SMILES string of the molecule is CCN(CCOC(C)=O)c1ccc(C)cc1. The van der Waals surface area contributed by atoms with Crippen LogP contribution in [0.3, 0.4) is 0 Å². The molecule has 1 aromatic rings. The number of aryl methyl sites for hydroxylation is 1. The van der Waals surface area contributed by atoms with Crippen molar-refractivity contribution in [2.24, 2.45) is 0 Å². The fourth-order valence-electron chi connectivity index (χ4n) is 1.52. The Kier molecular flexibility index (Phi) is 4.83. The molecule has 0 spiro atoms. The van der Waals surface area contributed by atoms with Crippen molar-refractivity contribution in [1.82, 2.24) is 0 Å². The van der Waals surface area contributed by atoms with Gasteiger partial charge in [0, 0.05) is 19.2 Å². The minimum Gasteiger partial charge on any atom is -0.464 e. The molecule has 3 nitrogen and oxygen atoms in total. The average Bonchev–Trinajstić information content (AvgIpc) is 2.26. The van der Waals surface area contributed by atoms with E-state index >= 15 is 0 Å². The Balaban J connectivity index is 2.53. The molecular formula is C13H19NO2. The van der Waals surface area contributed by atoms with Crippen LogP contribution in [0.25, 0.3) is 0 Å². The summed E-state index contributed by atoms with van der Waals surface area (Å²) in [6.07, 6.45) is 0. The summed E-state index contributed by atoms with van der Waals surface area (Å²) in [6.45, 7) is 7.68. The van der Waals surface area contributed by atoms with Crippen LogP contribution in [0.4, 0.5) is 5.69 Å². The fourth-order valence-corrected chi connectivity index (χ4v) is 1.52. The molecule has 0 fully saturated rings. The normalized spacial score (nSPS) is 9.94. The summed E-state index contributed by atoms with van der Waals surface area (Å²) in [5.74, 6) is -0.222. The number of esters is 1. The van der Waals surface area contributed by atoms with E-state index in [4.69, 9.17) is 4.74 Å². The largest absolute Gasteiger partial charge is 0.464 e. The summed E-state index contributed by atoms with van der Waals surface area (Å²) in [6, 6.07) is 8.35. The third-order valence-corrected chi connectivity index (χ3v) is 2.45. The van der Waals surface area contributed by atoms with E-state index in [0.29, 0.717) is 6.61 Å². The van der Waals surface area contributed by atoms with Crippen molar-refractivity contribution < 1.29 is 9.53 Å². The van der Waals surface area contributed by atoms with E-state index < -0.39 is 0 Å². The Bertz CT molecular complexity index is 332. The quantitative estimate of drug-likeness (QED) is 0.715. The van der Waals surface area contributed by atoms with Gasteiger partial charge >= 0.3 is 5.97 Å². The van der Waals surface area contributed by atoms with Gasteiger partial charge in [-0.2, -0.15) is 0 Å². The topological polar surface area (TPSA) is 29.5 Å². The van der Waals surface area contributed by atoms with Crippen LogP contribution < -0.4 is 4.90 Å². The van der Waals surface area contributed by atoms with Crippen molar-refractivity contribution >= 4 is 11.7 Å². The molecule has 0 radical (unpaired) electrons. The van der Waals surface area contributed by atoms with E-state index in [1.807, 2.05) is 0 Å². The molecule has 0 saturated heterocycles. The molecule has 0 atom stereocenters. The zero-order valence-electron chi connectivity index (χ0n) is 10.2. The molecule has 0 unspecified atom stereocenters. The van der Waals surface area contributed by atoms with Gasteiger partial charge in [-0.05, 0) is 26.0 Å². The van der Waals surface area contributed by atoms with Crippen molar-refractivity contribution in [1.29, 1.82) is 0 Å². The highest BCUT2D eigenvalue weighted by molar-refractivity contribution is 5.65. The number of anilines is 1. The Morgan fingerprint density at radius 1 is 1.31 bits per heavy atom. The first-order valence-electron chi connectivity index (χ1n) is 5.58. The molecule has 0 N–H and O–H groups in total. The highest BCUT2D eigenvalue weighted by atomic mass is 16.5. The third kappa shape index (κ3) is 3.93. The molecule has 0 amide bonds. The predicted octanol–water partition coefficient (Wildman–Crippen LogP) is 2.38. The molecule has 1 rings (SSSR count). The molecule has 1 aromatic carbocycles. The molecule has 0 aliphatic heterocycles. The number of likely N-dealkylation sites (N-methyl/N-ethyl adjacent to an activating group) is 1. The van der Waals surface area contributed by atoms with Crippen LogP contribution in [0.1, 0.15) is 19.4 Å². The van der Waals surface area contributed by atoms with E-state index in [1.54, 1.807) is 0 Å². The van der Waals surface area contributed by atoms with Crippen molar-refractivity contribution in [3.63, 3.8) is 0 Å². The van der Waals surface area contributed by atoms with Crippen LogP contribution in [0.15, 0.2) is 24.3 Å². The summed E-state index contributed by atoms with van der Waals surface area (Å²) < 4.78 is 4.94. The van der Waals surface area contributed by atoms with Crippen LogP contribution in [0.2, 0.25) is 0 Å². The second kappa shape index (κ2) is 6.16. The summed E-state index contributed by atoms with van der Waals surface area (Å²) in [5.41, 5.74) is 2.42. The standard InChI is InChI=1S/C13H19NO2/c1-4-14(9-10-16-12(3)15)13-7-5-11(2)6-8-13/h5-8H,4,9-10H2,1-3H3. The lowest BCUT2D eigenvalue weighted by molar-refractivity contribution is -0.140. The third-order valence-electron chi connectivity index (χ3n) is 2.45. The first-order chi connectivity index (χ1) is 7.63. The van der Waals surface area contributed by atoms with Gasteiger partial charge in [-0.1, -0.05) is 17.7 Å². The summed E-state index contributed by atoms with van der Waals surface area (Å²) in [4.78, 5) is 12.8. The predicted molar refractivity (Wildman–Crippen MR) is 65.7 cm³/mol. The molecule has 16 heavy (non-hydrogen) atoms. The van der Waals surface area contributed by atoms with Gasteiger partial charge in [-0.3, -0.25) is 4.79 Å². The van der Waals surface area contributed by atoms with Gasteiger partial charge in [0.05, 0.1) is 6.54 Å². The Labute approximate surface area is 97.0 Å². The molecule has 0 aromatic heterocycles. The number of rotatable bonds is 5. The molecule has 3 heteroatoms. The zero-order chi connectivity index (χ0) is 12.0. The van der Waals surface area contributed by atoms with Gasteiger partial charge in [-0.25, -0.2) is 0 Å². The lowest BCUT2D eigenvalue weighted by Crippen LogP contribution is -2.27. The second-order valence-corrected chi connectivity index (χ2v) is 3.76. The minimum absolute atomic E-state index is 0.222. The van der Waals surface area contributed by atoms with Crippen molar-refractivity contribution in [2.75, 3.05) is 24.6 Å². The van der Waals surface area contributed by atoms with Crippen molar-refractivity contribution in [3.05, 3.63) is 29.8 Å². The van der Waals surface area contributed by atoms with Crippen molar-refractivity contribution in [2.45, 2.75) is 20.8 Å². The van der Waals surface area contributed by atoms with Gasteiger partial charge in [-0.15, -0.1) is 0 Å². The van der Waals surface area contributed by atoms with Gasteiger partial charge in [0.2, 0.25) is 0 Å². The molecule has 0 aliphatic rings. The van der Waals surface area contributed by atoms with Gasteiger partial charge in [0.1, 0.15) is 6.61 Å². The summed E-state index contributed by atoms with van der Waals surface area (Å²) in [5, 5.41) is 0.